The molecule has 104 valence electrons. The number of nitrogens with zero attached hydrogens (tertiary/aromatic N) is 2. The summed E-state index contributed by atoms with van der Waals surface area (Å²) in [7, 11) is 3.82. The summed E-state index contributed by atoms with van der Waals surface area (Å²) >= 11 is 0. The van der Waals surface area contributed by atoms with Gasteiger partial charge in [-0.1, -0.05) is 19.1 Å². The van der Waals surface area contributed by atoms with Gasteiger partial charge in [0.25, 0.3) is 0 Å². The van der Waals surface area contributed by atoms with E-state index in [0.29, 0.717) is 12.6 Å². The number of aryl methyl sites for hydroxylation is 1. The minimum atomic E-state index is 0.320. The van der Waals surface area contributed by atoms with E-state index in [1.54, 1.807) is 7.11 Å². The highest BCUT2D eigenvalue weighted by atomic mass is 16.5. The van der Waals surface area contributed by atoms with Gasteiger partial charge in [-0.05, 0) is 25.1 Å². The first-order valence-corrected chi connectivity index (χ1v) is 6.89. The number of ether oxygens (including phenoxy) is 1. The highest BCUT2D eigenvalue weighted by molar-refractivity contribution is 5.75. The quantitative estimate of drug-likeness (QED) is 0.830. The van der Waals surface area contributed by atoms with Gasteiger partial charge in [-0.3, -0.25) is 0 Å². The van der Waals surface area contributed by atoms with Crippen molar-refractivity contribution in [2.45, 2.75) is 25.8 Å². The van der Waals surface area contributed by atoms with Gasteiger partial charge in [-0.25, -0.2) is 4.98 Å². The summed E-state index contributed by atoms with van der Waals surface area (Å²) < 4.78 is 7.46. The highest BCUT2D eigenvalue weighted by Crippen LogP contribution is 2.15. The molecule has 1 aromatic carbocycles. The predicted molar refractivity (Wildman–Crippen MR) is 78.4 cm³/mol. The maximum absolute atomic E-state index is 5.29. The van der Waals surface area contributed by atoms with Crippen LogP contribution in [-0.2, 0) is 18.2 Å². The van der Waals surface area contributed by atoms with E-state index in [-0.39, 0.29) is 0 Å². The van der Waals surface area contributed by atoms with E-state index >= 15 is 0 Å². The lowest BCUT2D eigenvalue weighted by atomic mass is 10.2. The Hall–Kier alpha value is -1.39. The van der Waals surface area contributed by atoms with Crippen LogP contribution in [0, 0.1) is 0 Å². The van der Waals surface area contributed by atoms with Crippen LogP contribution >= 0.6 is 0 Å². The zero-order chi connectivity index (χ0) is 13.7. The Morgan fingerprint density at radius 2 is 2.16 bits per heavy atom. The molecule has 0 spiro atoms. The second-order valence-corrected chi connectivity index (χ2v) is 4.89. The standard InChI is InChI=1S/C15H23N3O/c1-4-9-16-12(11-19-3)10-15-17-13-7-5-6-8-14(13)18(15)2/h5-8,12,16H,4,9-11H2,1-3H3. The van der Waals surface area contributed by atoms with Crippen molar-refractivity contribution in [1.29, 1.82) is 0 Å². The Balaban J connectivity index is 2.16. The topological polar surface area (TPSA) is 39.1 Å². The maximum Gasteiger partial charge on any atom is 0.111 e. The monoisotopic (exact) mass is 261 g/mol. The summed E-state index contributed by atoms with van der Waals surface area (Å²) in [5, 5.41) is 3.51. The second kappa shape index (κ2) is 6.68. The number of para-hydroxylation sites is 2. The molecule has 1 atom stereocenters. The summed E-state index contributed by atoms with van der Waals surface area (Å²) in [6.45, 7) is 3.90. The zero-order valence-electron chi connectivity index (χ0n) is 12.0. The SMILES string of the molecule is CCCNC(COC)Cc1nc2ccccc2n1C. The Bertz CT molecular complexity index is 521. The highest BCUT2D eigenvalue weighted by Gasteiger charge is 2.13. The summed E-state index contributed by atoms with van der Waals surface area (Å²) in [5.41, 5.74) is 2.25. The predicted octanol–water partition coefficient (Wildman–Crippen LogP) is 2.13. The average molecular weight is 261 g/mol. The van der Waals surface area contributed by atoms with Crippen molar-refractivity contribution in [3.8, 4) is 0 Å². The van der Waals surface area contributed by atoms with Crippen LogP contribution < -0.4 is 5.32 Å². The van der Waals surface area contributed by atoms with Gasteiger partial charge < -0.3 is 14.6 Å². The first-order valence-electron chi connectivity index (χ1n) is 6.89. The van der Waals surface area contributed by atoms with Gasteiger partial charge in [0.15, 0.2) is 0 Å². The number of aromatic nitrogens is 2. The molecule has 1 N–H and O–H groups in total. The molecule has 4 heteroatoms. The minimum absolute atomic E-state index is 0.320. The normalized spacial score (nSPS) is 13.0. The van der Waals surface area contributed by atoms with Gasteiger partial charge in [0.2, 0.25) is 0 Å². The molecule has 4 nitrogen and oxygen atoms in total. The third-order valence-electron chi connectivity index (χ3n) is 3.36. The van der Waals surface area contributed by atoms with Gasteiger partial charge >= 0.3 is 0 Å². The van der Waals surface area contributed by atoms with Gasteiger partial charge in [-0.15, -0.1) is 0 Å². The van der Waals surface area contributed by atoms with Crippen molar-refractivity contribution in [3.63, 3.8) is 0 Å². The molecule has 2 rings (SSSR count). The summed E-state index contributed by atoms with van der Waals surface area (Å²) in [5.74, 6) is 1.10. The molecule has 1 unspecified atom stereocenters. The largest absolute Gasteiger partial charge is 0.383 e. The van der Waals surface area contributed by atoms with Crippen molar-refractivity contribution in [2.24, 2.45) is 7.05 Å². The molecule has 0 aliphatic heterocycles. The Kier molecular flexibility index (Phi) is 4.93. The Morgan fingerprint density at radius 3 is 2.84 bits per heavy atom. The van der Waals surface area contributed by atoms with Crippen LogP contribution in [-0.4, -0.2) is 35.9 Å². The van der Waals surface area contributed by atoms with Crippen molar-refractivity contribution in [2.75, 3.05) is 20.3 Å². The molecule has 19 heavy (non-hydrogen) atoms. The molecule has 0 bridgehead atoms. The van der Waals surface area contributed by atoms with E-state index in [1.165, 1.54) is 5.52 Å². The third-order valence-corrected chi connectivity index (χ3v) is 3.36. The summed E-state index contributed by atoms with van der Waals surface area (Å²) in [6, 6.07) is 8.57. The number of methoxy groups -OCH3 is 1. The van der Waals surface area contributed by atoms with Crippen molar-refractivity contribution >= 4 is 11.0 Å². The fourth-order valence-corrected chi connectivity index (χ4v) is 2.34. The Morgan fingerprint density at radius 1 is 1.37 bits per heavy atom. The minimum Gasteiger partial charge on any atom is -0.383 e. The number of rotatable bonds is 7. The molecule has 0 radical (unpaired) electrons. The fraction of sp³-hybridized carbons (Fsp3) is 0.533. The lowest BCUT2D eigenvalue weighted by Crippen LogP contribution is -2.36. The van der Waals surface area contributed by atoms with Crippen LogP contribution in [0.2, 0.25) is 0 Å². The van der Waals surface area contributed by atoms with Crippen molar-refractivity contribution in [1.82, 2.24) is 14.9 Å². The summed E-state index contributed by atoms with van der Waals surface area (Å²) in [4.78, 5) is 4.71. The van der Waals surface area contributed by atoms with Gasteiger partial charge in [-0.2, -0.15) is 0 Å². The van der Waals surface area contributed by atoms with E-state index in [9.17, 15) is 0 Å². The maximum atomic E-state index is 5.29. The molecular formula is C15H23N3O. The van der Waals surface area contributed by atoms with E-state index in [0.717, 1.165) is 30.7 Å². The number of fused-ring (bicyclic) bond motifs is 1. The lowest BCUT2D eigenvalue weighted by molar-refractivity contribution is 0.165. The number of nitrogens with one attached hydrogen (secondary N) is 1. The van der Waals surface area contributed by atoms with Gasteiger partial charge in [0, 0.05) is 26.6 Å². The molecule has 0 saturated heterocycles. The van der Waals surface area contributed by atoms with E-state index in [1.807, 2.05) is 6.07 Å². The smallest absolute Gasteiger partial charge is 0.111 e. The van der Waals surface area contributed by atoms with Crippen LogP contribution in [0.3, 0.4) is 0 Å². The van der Waals surface area contributed by atoms with Gasteiger partial charge in [0.05, 0.1) is 17.6 Å². The molecule has 0 saturated carbocycles. The molecular weight excluding hydrogens is 238 g/mol. The third kappa shape index (κ3) is 3.33. The molecule has 0 aliphatic rings. The number of hydrogen-bond acceptors (Lipinski definition) is 3. The number of imidazole rings is 1. The fourth-order valence-electron chi connectivity index (χ4n) is 2.34. The van der Waals surface area contributed by atoms with Gasteiger partial charge in [0.1, 0.15) is 5.82 Å². The second-order valence-electron chi connectivity index (χ2n) is 4.89. The first-order chi connectivity index (χ1) is 9.26. The molecule has 0 fully saturated rings. The molecule has 0 aliphatic carbocycles. The zero-order valence-corrected chi connectivity index (χ0v) is 12.0. The van der Waals surface area contributed by atoms with E-state index in [2.05, 4.69) is 42.1 Å². The summed E-state index contributed by atoms with van der Waals surface area (Å²) in [6.07, 6.45) is 2.02. The molecule has 0 amide bonds. The van der Waals surface area contributed by atoms with Crippen molar-refractivity contribution in [3.05, 3.63) is 30.1 Å². The molecule has 1 heterocycles. The first kappa shape index (κ1) is 14.0. The van der Waals surface area contributed by atoms with Crippen molar-refractivity contribution < 1.29 is 4.74 Å². The molecule has 1 aromatic heterocycles. The average Bonchev–Trinajstić information content (AvgIpc) is 2.74. The van der Waals surface area contributed by atoms with Crippen LogP contribution in [0.5, 0.6) is 0 Å². The van der Waals surface area contributed by atoms with Crippen LogP contribution in [0.4, 0.5) is 0 Å². The lowest BCUT2D eigenvalue weighted by Gasteiger charge is -2.17. The van der Waals surface area contributed by atoms with E-state index in [4.69, 9.17) is 9.72 Å². The number of hydrogen-bond donors (Lipinski definition) is 1. The van der Waals surface area contributed by atoms with E-state index < -0.39 is 0 Å². The number of benzene rings is 1. The van der Waals surface area contributed by atoms with Crippen LogP contribution in [0.15, 0.2) is 24.3 Å². The van der Waals surface area contributed by atoms with Crippen LogP contribution in [0.25, 0.3) is 11.0 Å². The molecule has 2 aromatic rings. The Labute approximate surface area is 114 Å². The van der Waals surface area contributed by atoms with Crippen LogP contribution in [0.1, 0.15) is 19.2 Å².